The first kappa shape index (κ1) is 28.0. The Bertz CT molecular complexity index is 3130. The normalized spacial score (nSPS) is 11.9. The van der Waals surface area contributed by atoms with E-state index >= 15 is 0 Å². The van der Waals surface area contributed by atoms with Gasteiger partial charge in [0.05, 0.1) is 22.1 Å². The summed E-state index contributed by atoms with van der Waals surface area (Å²) in [4.78, 5) is 0. The minimum Gasteiger partial charge on any atom is -0.456 e. The molecule has 11 aromatic rings. The first-order chi connectivity index (χ1) is 25.3. The third kappa shape index (κ3) is 4.19. The molecule has 0 bridgehead atoms. The molecule has 3 heteroatoms. The summed E-state index contributed by atoms with van der Waals surface area (Å²) in [5.74, 6) is 0. The van der Waals surface area contributed by atoms with Crippen molar-refractivity contribution in [2.24, 2.45) is 0 Å². The Kier molecular flexibility index (Phi) is 5.96. The number of furan rings is 1. The van der Waals surface area contributed by atoms with Crippen molar-refractivity contribution in [1.82, 2.24) is 9.13 Å². The maximum absolute atomic E-state index is 6.67. The molecule has 0 spiro atoms. The zero-order valence-electron chi connectivity index (χ0n) is 27.6. The van der Waals surface area contributed by atoms with Crippen LogP contribution in [0.1, 0.15) is 0 Å². The van der Waals surface area contributed by atoms with Gasteiger partial charge in [-0.15, -0.1) is 0 Å². The molecule has 3 heterocycles. The van der Waals surface area contributed by atoms with E-state index in [0.29, 0.717) is 0 Å². The molecule has 11 rings (SSSR count). The van der Waals surface area contributed by atoms with Crippen LogP contribution in [0.15, 0.2) is 186 Å². The minimum atomic E-state index is 0.891. The predicted molar refractivity (Wildman–Crippen MR) is 213 cm³/mol. The Hall–Kier alpha value is -6.84. The number of aromatic nitrogens is 2. The van der Waals surface area contributed by atoms with Crippen molar-refractivity contribution in [3.05, 3.63) is 182 Å². The van der Waals surface area contributed by atoms with Crippen molar-refractivity contribution >= 4 is 65.6 Å². The number of hydrogen-bond acceptors (Lipinski definition) is 1. The lowest BCUT2D eigenvalue weighted by molar-refractivity contribution is 0.669. The highest BCUT2D eigenvalue weighted by molar-refractivity contribution is 6.17. The van der Waals surface area contributed by atoms with Gasteiger partial charge in [0.25, 0.3) is 0 Å². The lowest BCUT2D eigenvalue weighted by Gasteiger charge is -2.09. The molecule has 51 heavy (non-hydrogen) atoms. The summed E-state index contributed by atoms with van der Waals surface area (Å²) >= 11 is 0. The van der Waals surface area contributed by atoms with Crippen LogP contribution in [-0.2, 0) is 0 Å². The third-order valence-corrected chi connectivity index (χ3v) is 10.5. The summed E-state index contributed by atoms with van der Waals surface area (Å²) in [6.45, 7) is 0. The lowest BCUT2D eigenvalue weighted by Crippen LogP contribution is -1.93. The van der Waals surface area contributed by atoms with Gasteiger partial charge in [0.2, 0.25) is 0 Å². The number of benzene rings is 8. The molecule has 0 saturated carbocycles. The summed E-state index contributed by atoms with van der Waals surface area (Å²) < 4.78 is 11.4. The van der Waals surface area contributed by atoms with Gasteiger partial charge in [0.1, 0.15) is 11.2 Å². The first-order valence-corrected chi connectivity index (χ1v) is 17.4. The molecule has 0 aliphatic heterocycles. The molecule has 0 amide bonds. The second-order valence-corrected chi connectivity index (χ2v) is 13.3. The number of para-hydroxylation sites is 4. The van der Waals surface area contributed by atoms with Crippen molar-refractivity contribution < 1.29 is 4.42 Å². The van der Waals surface area contributed by atoms with Gasteiger partial charge >= 0.3 is 0 Å². The van der Waals surface area contributed by atoms with E-state index in [1.807, 2.05) is 0 Å². The number of nitrogens with zero attached hydrogens (tertiary/aromatic N) is 2. The molecular weight excluding hydrogens is 621 g/mol. The third-order valence-electron chi connectivity index (χ3n) is 10.5. The van der Waals surface area contributed by atoms with E-state index in [4.69, 9.17) is 4.42 Å². The Morgan fingerprint density at radius 3 is 1.51 bits per heavy atom. The van der Waals surface area contributed by atoms with Crippen LogP contribution in [0.2, 0.25) is 0 Å². The van der Waals surface area contributed by atoms with Gasteiger partial charge in [-0.1, -0.05) is 109 Å². The lowest BCUT2D eigenvalue weighted by atomic mass is 9.98. The predicted octanol–water partition coefficient (Wildman–Crippen LogP) is 13.1. The van der Waals surface area contributed by atoms with Gasteiger partial charge < -0.3 is 13.6 Å². The fourth-order valence-corrected chi connectivity index (χ4v) is 8.24. The van der Waals surface area contributed by atoms with Gasteiger partial charge in [0.15, 0.2) is 0 Å². The van der Waals surface area contributed by atoms with Crippen LogP contribution in [0.4, 0.5) is 0 Å². The summed E-state index contributed by atoms with van der Waals surface area (Å²) in [5, 5.41) is 7.24. The largest absolute Gasteiger partial charge is 0.456 e. The summed E-state index contributed by atoms with van der Waals surface area (Å²) in [5.41, 5.74) is 13.5. The molecule has 0 aliphatic carbocycles. The van der Waals surface area contributed by atoms with E-state index in [1.165, 1.54) is 49.2 Å². The number of fused-ring (bicyclic) bond motifs is 9. The van der Waals surface area contributed by atoms with Gasteiger partial charge in [-0.2, -0.15) is 0 Å². The summed E-state index contributed by atoms with van der Waals surface area (Å²) in [7, 11) is 0. The van der Waals surface area contributed by atoms with Crippen LogP contribution in [0.3, 0.4) is 0 Å². The zero-order chi connectivity index (χ0) is 33.5. The van der Waals surface area contributed by atoms with Gasteiger partial charge in [-0.3, -0.25) is 0 Å². The van der Waals surface area contributed by atoms with E-state index < -0.39 is 0 Å². The van der Waals surface area contributed by atoms with Crippen molar-refractivity contribution in [3.8, 4) is 33.6 Å². The molecule has 238 valence electrons. The van der Waals surface area contributed by atoms with Crippen molar-refractivity contribution in [3.63, 3.8) is 0 Å². The minimum absolute atomic E-state index is 0.891. The van der Waals surface area contributed by atoms with Crippen molar-refractivity contribution in [2.75, 3.05) is 0 Å². The second-order valence-electron chi connectivity index (χ2n) is 13.3. The van der Waals surface area contributed by atoms with Crippen LogP contribution in [0.25, 0.3) is 99.2 Å². The maximum atomic E-state index is 6.67. The van der Waals surface area contributed by atoms with E-state index in [-0.39, 0.29) is 0 Å². The molecule has 0 radical (unpaired) electrons. The fraction of sp³-hybridized carbons (Fsp3) is 0. The highest BCUT2D eigenvalue weighted by atomic mass is 16.3. The summed E-state index contributed by atoms with van der Waals surface area (Å²) in [6, 6.07) is 65.3. The smallest absolute Gasteiger partial charge is 0.136 e. The Morgan fingerprint density at radius 1 is 0.314 bits per heavy atom. The molecule has 0 saturated heterocycles. The maximum Gasteiger partial charge on any atom is 0.136 e. The second kappa shape index (κ2) is 10.8. The van der Waals surface area contributed by atoms with Crippen molar-refractivity contribution in [1.29, 1.82) is 0 Å². The fourth-order valence-electron chi connectivity index (χ4n) is 8.24. The average Bonchev–Trinajstić information content (AvgIpc) is 3.85. The average molecular weight is 651 g/mol. The quantitative estimate of drug-likeness (QED) is 0.186. The van der Waals surface area contributed by atoms with Crippen LogP contribution in [-0.4, -0.2) is 9.13 Å². The van der Waals surface area contributed by atoms with E-state index in [9.17, 15) is 0 Å². The Balaban J connectivity index is 1.05. The van der Waals surface area contributed by atoms with Gasteiger partial charge in [-0.25, -0.2) is 0 Å². The van der Waals surface area contributed by atoms with Crippen LogP contribution in [0, 0.1) is 0 Å². The summed E-state index contributed by atoms with van der Waals surface area (Å²) in [6.07, 6.45) is 0. The number of rotatable bonds is 4. The van der Waals surface area contributed by atoms with Crippen molar-refractivity contribution in [2.45, 2.75) is 0 Å². The Labute approximate surface area is 293 Å². The molecule has 0 fully saturated rings. The van der Waals surface area contributed by atoms with E-state index in [0.717, 1.165) is 50.0 Å². The Morgan fingerprint density at radius 2 is 0.804 bits per heavy atom. The molecule has 3 nitrogen and oxygen atoms in total. The van der Waals surface area contributed by atoms with Crippen LogP contribution < -0.4 is 0 Å². The molecule has 8 aromatic carbocycles. The molecule has 0 N–H and O–H groups in total. The number of hydrogen-bond donors (Lipinski definition) is 0. The van der Waals surface area contributed by atoms with Crippen LogP contribution in [0.5, 0.6) is 0 Å². The molecule has 0 atom stereocenters. The monoisotopic (exact) mass is 650 g/mol. The highest BCUT2D eigenvalue weighted by Gasteiger charge is 2.18. The SMILES string of the molecule is c1ccc(-n2c3ccccc3c3ccc(-c4ccc5c(c4)oc4cc(-c6cccc7c6c6ccccc6n7-c6ccccc6)ccc45)cc32)cc1. The topological polar surface area (TPSA) is 23.0 Å². The van der Waals surface area contributed by atoms with Crippen LogP contribution >= 0.6 is 0 Å². The van der Waals surface area contributed by atoms with E-state index in [2.05, 4.69) is 191 Å². The van der Waals surface area contributed by atoms with Gasteiger partial charge in [0, 0.05) is 43.7 Å². The standard InChI is InChI=1S/C48H30N2O/c1-3-12-34(13-4-1)49-43-20-10-8-17-41(43)48-36(18-11-21-44(48)49)33-24-27-40-39-26-23-32(29-46(39)51-47(40)30-33)31-22-25-38-37-16-7-9-19-42(37)50(45(38)28-31)35-14-5-2-6-15-35/h1-30H. The molecule has 0 aliphatic rings. The first-order valence-electron chi connectivity index (χ1n) is 17.4. The molecular formula is C48H30N2O. The highest BCUT2D eigenvalue weighted by Crippen LogP contribution is 2.41. The zero-order valence-corrected chi connectivity index (χ0v) is 27.6. The molecule has 3 aromatic heterocycles. The van der Waals surface area contributed by atoms with Gasteiger partial charge in [-0.05, 0) is 95.1 Å². The van der Waals surface area contributed by atoms with E-state index in [1.54, 1.807) is 0 Å². The molecule has 0 unspecified atom stereocenters.